The molecule has 0 aliphatic heterocycles. The first-order valence-electron chi connectivity index (χ1n) is 5.36. The van der Waals surface area contributed by atoms with E-state index in [2.05, 4.69) is 15.2 Å². The van der Waals surface area contributed by atoms with Crippen LogP contribution >= 0.6 is 0 Å². The quantitative estimate of drug-likeness (QED) is 0.787. The van der Waals surface area contributed by atoms with Crippen LogP contribution in [0.3, 0.4) is 0 Å². The zero-order chi connectivity index (χ0) is 10.8. The summed E-state index contributed by atoms with van der Waals surface area (Å²) in [5.74, 6) is 0.489. The third-order valence-corrected chi connectivity index (χ3v) is 3.05. The molecule has 1 fully saturated rings. The van der Waals surface area contributed by atoms with Crippen LogP contribution in [0.15, 0.2) is 0 Å². The van der Waals surface area contributed by atoms with Crippen molar-refractivity contribution in [3.8, 4) is 0 Å². The summed E-state index contributed by atoms with van der Waals surface area (Å²) in [6.45, 7) is 1.99. The van der Waals surface area contributed by atoms with Crippen LogP contribution in [0.2, 0.25) is 0 Å². The highest BCUT2D eigenvalue weighted by Gasteiger charge is 2.36. The van der Waals surface area contributed by atoms with Gasteiger partial charge in [0.15, 0.2) is 5.82 Å². The lowest BCUT2D eigenvalue weighted by molar-refractivity contribution is -0.142. The predicted molar refractivity (Wildman–Crippen MR) is 53.5 cm³/mol. The third kappa shape index (κ3) is 1.86. The van der Waals surface area contributed by atoms with Crippen LogP contribution in [0.25, 0.3) is 0 Å². The minimum absolute atomic E-state index is 0.000880. The van der Waals surface area contributed by atoms with Crippen LogP contribution < -0.4 is 0 Å². The summed E-state index contributed by atoms with van der Waals surface area (Å²) in [6.07, 6.45) is 3.39. The van der Waals surface area contributed by atoms with E-state index in [0.29, 0.717) is 5.82 Å². The maximum Gasteiger partial charge on any atom is 0.307 e. The number of carboxylic acid groups (broad SMARTS) is 1. The fourth-order valence-electron chi connectivity index (χ4n) is 2.20. The molecule has 1 aliphatic rings. The van der Waals surface area contributed by atoms with Gasteiger partial charge in [-0.15, -0.1) is 0 Å². The third-order valence-electron chi connectivity index (χ3n) is 3.05. The number of aromatic amines is 1. The van der Waals surface area contributed by atoms with Gasteiger partial charge in [-0.05, 0) is 12.8 Å². The number of H-pyrrole nitrogens is 1. The highest BCUT2D eigenvalue weighted by atomic mass is 16.4. The predicted octanol–water partition coefficient (Wildman–Crippen LogP) is 1.34. The lowest BCUT2D eigenvalue weighted by atomic mass is 9.96. The van der Waals surface area contributed by atoms with Crippen molar-refractivity contribution in [1.82, 2.24) is 15.2 Å². The van der Waals surface area contributed by atoms with Crippen LogP contribution in [0.1, 0.15) is 43.8 Å². The fourth-order valence-corrected chi connectivity index (χ4v) is 2.20. The van der Waals surface area contributed by atoms with Gasteiger partial charge in [-0.3, -0.25) is 9.89 Å². The first-order chi connectivity index (χ1) is 7.22. The number of carbonyl (C=O) groups is 1. The van der Waals surface area contributed by atoms with E-state index in [0.717, 1.165) is 31.5 Å². The Morgan fingerprint density at radius 3 is 3.00 bits per heavy atom. The minimum atomic E-state index is -0.722. The summed E-state index contributed by atoms with van der Waals surface area (Å²) in [4.78, 5) is 15.3. The molecule has 2 unspecified atom stereocenters. The average molecular weight is 209 g/mol. The Balaban J connectivity index is 2.18. The molecule has 0 amide bonds. The van der Waals surface area contributed by atoms with Gasteiger partial charge in [-0.1, -0.05) is 13.3 Å². The Kier molecular flexibility index (Phi) is 2.70. The molecule has 1 aromatic rings. The van der Waals surface area contributed by atoms with E-state index in [1.165, 1.54) is 0 Å². The molecule has 1 heterocycles. The molecule has 2 N–H and O–H groups in total. The molecular formula is C10H15N3O2. The number of hydrogen-bond acceptors (Lipinski definition) is 3. The maximum atomic E-state index is 11.0. The molecular weight excluding hydrogens is 194 g/mol. The zero-order valence-electron chi connectivity index (χ0n) is 8.73. The molecule has 15 heavy (non-hydrogen) atoms. The second-order valence-electron chi connectivity index (χ2n) is 3.98. The Hall–Kier alpha value is -1.39. The van der Waals surface area contributed by atoms with Gasteiger partial charge in [0.1, 0.15) is 5.82 Å². The number of aryl methyl sites for hydroxylation is 1. The van der Waals surface area contributed by atoms with Crippen LogP contribution in [0, 0.1) is 5.92 Å². The molecule has 1 aliphatic carbocycles. The topological polar surface area (TPSA) is 78.9 Å². The number of hydrogen-bond donors (Lipinski definition) is 2. The Bertz CT molecular complexity index is 361. The molecule has 0 radical (unpaired) electrons. The van der Waals surface area contributed by atoms with Crippen molar-refractivity contribution in [2.75, 3.05) is 0 Å². The fraction of sp³-hybridized carbons (Fsp3) is 0.700. The molecule has 0 aromatic carbocycles. The average Bonchev–Trinajstić information content (AvgIpc) is 2.85. The Morgan fingerprint density at radius 1 is 1.60 bits per heavy atom. The van der Waals surface area contributed by atoms with Crippen LogP contribution in [-0.2, 0) is 11.2 Å². The monoisotopic (exact) mass is 209 g/mol. The number of aliphatic carboxylic acids is 1. The highest BCUT2D eigenvalue weighted by molar-refractivity contribution is 5.71. The van der Waals surface area contributed by atoms with Gasteiger partial charge >= 0.3 is 5.97 Å². The van der Waals surface area contributed by atoms with E-state index in [-0.39, 0.29) is 11.8 Å². The second kappa shape index (κ2) is 4.00. The molecule has 5 heteroatoms. The molecule has 0 saturated heterocycles. The normalized spacial score (nSPS) is 25.7. The molecule has 1 aromatic heterocycles. The summed E-state index contributed by atoms with van der Waals surface area (Å²) in [5.41, 5.74) is 0. The number of carboxylic acids is 1. The number of nitrogens with zero attached hydrogens (tertiary/aromatic N) is 2. The number of rotatable bonds is 3. The summed E-state index contributed by atoms with van der Waals surface area (Å²) >= 11 is 0. The zero-order valence-corrected chi connectivity index (χ0v) is 8.73. The molecule has 0 bridgehead atoms. The summed E-state index contributed by atoms with van der Waals surface area (Å²) in [6, 6.07) is 0. The van der Waals surface area contributed by atoms with Gasteiger partial charge in [-0.2, -0.15) is 5.10 Å². The van der Waals surface area contributed by atoms with E-state index in [4.69, 9.17) is 5.11 Å². The SMILES string of the molecule is CCc1nc(C2CCCC2C(=O)O)n[nH]1. The number of aromatic nitrogens is 3. The van der Waals surface area contributed by atoms with Gasteiger partial charge in [0.2, 0.25) is 0 Å². The Morgan fingerprint density at radius 2 is 2.40 bits per heavy atom. The van der Waals surface area contributed by atoms with Crippen LogP contribution in [-0.4, -0.2) is 26.3 Å². The summed E-state index contributed by atoms with van der Waals surface area (Å²) < 4.78 is 0. The largest absolute Gasteiger partial charge is 0.481 e. The number of nitrogens with one attached hydrogen (secondary N) is 1. The molecule has 1 saturated carbocycles. The van der Waals surface area contributed by atoms with E-state index < -0.39 is 5.97 Å². The van der Waals surface area contributed by atoms with Crippen LogP contribution in [0.4, 0.5) is 0 Å². The van der Waals surface area contributed by atoms with Gasteiger partial charge in [0.25, 0.3) is 0 Å². The van der Waals surface area contributed by atoms with Gasteiger partial charge in [0.05, 0.1) is 5.92 Å². The van der Waals surface area contributed by atoms with Crippen molar-refractivity contribution >= 4 is 5.97 Å². The maximum absolute atomic E-state index is 11.0. The van der Waals surface area contributed by atoms with E-state index in [9.17, 15) is 4.79 Å². The van der Waals surface area contributed by atoms with Crippen molar-refractivity contribution in [3.05, 3.63) is 11.6 Å². The molecule has 0 spiro atoms. The van der Waals surface area contributed by atoms with Crippen LogP contribution in [0.5, 0.6) is 0 Å². The highest BCUT2D eigenvalue weighted by Crippen LogP contribution is 2.38. The van der Waals surface area contributed by atoms with Crippen molar-refractivity contribution < 1.29 is 9.90 Å². The smallest absolute Gasteiger partial charge is 0.307 e. The summed E-state index contributed by atoms with van der Waals surface area (Å²) in [7, 11) is 0. The standard InChI is InChI=1S/C10H15N3O2/c1-2-8-11-9(13-12-8)6-4-3-5-7(6)10(14)15/h6-7H,2-5H2,1H3,(H,14,15)(H,11,12,13). The molecule has 2 atom stereocenters. The molecule has 82 valence electrons. The van der Waals surface area contributed by atoms with E-state index in [1.807, 2.05) is 6.92 Å². The van der Waals surface area contributed by atoms with Gasteiger partial charge in [-0.25, -0.2) is 4.98 Å². The van der Waals surface area contributed by atoms with Gasteiger partial charge in [0, 0.05) is 12.3 Å². The second-order valence-corrected chi connectivity index (χ2v) is 3.98. The molecule has 2 rings (SSSR count). The van der Waals surface area contributed by atoms with Crippen molar-refractivity contribution in [2.24, 2.45) is 5.92 Å². The van der Waals surface area contributed by atoms with E-state index in [1.54, 1.807) is 0 Å². The first kappa shape index (κ1) is 10.1. The molecule has 5 nitrogen and oxygen atoms in total. The van der Waals surface area contributed by atoms with Gasteiger partial charge < -0.3 is 5.11 Å². The van der Waals surface area contributed by atoms with Crippen molar-refractivity contribution in [3.63, 3.8) is 0 Å². The van der Waals surface area contributed by atoms with E-state index >= 15 is 0 Å². The Labute approximate surface area is 87.9 Å². The first-order valence-corrected chi connectivity index (χ1v) is 5.36. The van der Waals surface area contributed by atoms with Crippen molar-refractivity contribution in [1.29, 1.82) is 0 Å². The van der Waals surface area contributed by atoms with Crippen molar-refractivity contribution in [2.45, 2.75) is 38.5 Å². The lowest BCUT2D eigenvalue weighted by Gasteiger charge is -2.10. The minimum Gasteiger partial charge on any atom is -0.481 e. The lowest BCUT2D eigenvalue weighted by Crippen LogP contribution is -2.17. The summed E-state index contributed by atoms with van der Waals surface area (Å²) in [5, 5.41) is 16.0.